The van der Waals surface area contributed by atoms with Gasteiger partial charge in [-0.15, -0.1) is 0 Å². The summed E-state index contributed by atoms with van der Waals surface area (Å²) in [5.41, 5.74) is 0. The number of ether oxygens (including phenoxy) is 3. The van der Waals surface area contributed by atoms with E-state index in [9.17, 15) is 14.4 Å². The second-order valence-electron chi connectivity index (χ2n) is 18.8. The molecule has 0 aliphatic heterocycles. The van der Waals surface area contributed by atoms with Gasteiger partial charge in [-0.25, -0.2) is 0 Å². The van der Waals surface area contributed by atoms with Gasteiger partial charge in [-0.3, -0.25) is 14.4 Å². The Labute approximate surface area is 426 Å². The van der Waals surface area contributed by atoms with Gasteiger partial charge in [0.1, 0.15) is 13.2 Å². The minimum absolute atomic E-state index is 0.0945. The molecule has 1 atom stereocenters. The zero-order valence-corrected chi connectivity index (χ0v) is 45.0. The first-order chi connectivity index (χ1) is 34.0. The highest BCUT2D eigenvalue weighted by Gasteiger charge is 2.19. The zero-order valence-electron chi connectivity index (χ0n) is 45.0. The fourth-order valence-corrected chi connectivity index (χ4v) is 7.73. The van der Waals surface area contributed by atoms with Crippen molar-refractivity contribution in [2.75, 3.05) is 13.2 Å². The summed E-state index contributed by atoms with van der Waals surface area (Å²) < 4.78 is 16.8. The average molecular weight is 960 g/mol. The minimum atomic E-state index is -0.798. The van der Waals surface area contributed by atoms with Gasteiger partial charge in [0.2, 0.25) is 0 Å². The molecule has 0 fully saturated rings. The number of hydrogen-bond acceptors (Lipinski definition) is 6. The number of allylic oxidation sites excluding steroid dienone is 16. The van der Waals surface area contributed by atoms with Crippen LogP contribution in [-0.2, 0) is 28.6 Å². The third kappa shape index (κ3) is 55.1. The van der Waals surface area contributed by atoms with Crippen molar-refractivity contribution in [2.45, 2.75) is 271 Å². The molecular formula is C63H106O6. The molecule has 6 nitrogen and oxygen atoms in total. The van der Waals surface area contributed by atoms with Gasteiger partial charge in [0.25, 0.3) is 0 Å². The maximum absolute atomic E-state index is 12.9. The van der Waals surface area contributed by atoms with Crippen LogP contribution in [0.2, 0.25) is 0 Å². The highest BCUT2D eigenvalue weighted by atomic mass is 16.6. The molecule has 0 bridgehead atoms. The molecule has 0 saturated carbocycles. The molecule has 0 aromatic heterocycles. The lowest BCUT2D eigenvalue weighted by atomic mass is 10.1. The van der Waals surface area contributed by atoms with E-state index in [1.165, 1.54) is 116 Å². The number of carbonyl (C=O) groups excluding carboxylic acids is 3. The van der Waals surface area contributed by atoms with E-state index >= 15 is 0 Å². The molecule has 0 spiro atoms. The molecule has 0 aromatic rings. The molecular weight excluding hydrogens is 853 g/mol. The first kappa shape index (κ1) is 65.3. The van der Waals surface area contributed by atoms with E-state index in [2.05, 4.69) is 118 Å². The predicted molar refractivity (Wildman–Crippen MR) is 297 cm³/mol. The summed E-state index contributed by atoms with van der Waals surface area (Å²) in [5.74, 6) is -0.937. The molecule has 0 unspecified atom stereocenters. The van der Waals surface area contributed by atoms with Crippen molar-refractivity contribution in [1.29, 1.82) is 0 Å². The number of hydrogen-bond donors (Lipinski definition) is 0. The van der Waals surface area contributed by atoms with E-state index in [0.29, 0.717) is 19.3 Å². The molecule has 394 valence electrons. The van der Waals surface area contributed by atoms with Crippen LogP contribution in [0, 0.1) is 0 Å². The Bertz CT molecular complexity index is 1380. The monoisotopic (exact) mass is 959 g/mol. The summed E-state index contributed by atoms with van der Waals surface area (Å²) in [6.45, 7) is 6.45. The van der Waals surface area contributed by atoms with Crippen molar-refractivity contribution in [3.8, 4) is 0 Å². The van der Waals surface area contributed by atoms with Crippen LogP contribution in [0.3, 0.4) is 0 Å². The molecule has 0 aromatic carbocycles. The Balaban J connectivity index is 4.45. The smallest absolute Gasteiger partial charge is 0.306 e. The van der Waals surface area contributed by atoms with Crippen molar-refractivity contribution in [2.24, 2.45) is 0 Å². The van der Waals surface area contributed by atoms with Crippen molar-refractivity contribution in [3.05, 3.63) is 97.2 Å². The molecule has 0 rings (SSSR count). The van der Waals surface area contributed by atoms with E-state index in [1.54, 1.807) is 0 Å². The predicted octanol–water partition coefficient (Wildman–Crippen LogP) is 19.3. The molecule has 0 heterocycles. The lowest BCUT2D eigenvalue weighted by Gasteiger charge is -2.18. The van der Waals surface area contributed by atoms with E-state index in [4.69, 9.17) is 14.2 Å². The summed E-state index contributed by atoms with van der Waals surface area (Å²) in [6.07, 6.45) is 75.3. The average Bonchev–Trinajstić information content (AvgIpc) is 3.35. The lowest BCUT2D eigenvalue weighted by Crippen LogP contribution is -2.30. The van der Waals surface area contributed by atoms with Crippen LogP contribution in [-0.4, -0.2) is 37.2 Å². The first-order valence-corrected chi connectivity index (χ1v) is 28.7. The maximum atomic E-state index is 12.9. The molecule has 0 aliphatic rings. The van der Waals surface area contributed by atoms with E-state index in [0.717, 1.165) is 109 Å². The van der Waals surface area contributed by atoms with Gasteiger partial charge in [-0.2, -0.15) is 0 Å². The Kier molecular flexibility index (Phi) is 53.9. The summed E-state index contributed by atoms with van der Waals surface area (Å²) in [5, 5.41) is 0. The highest BCUT2D eigenvalue weighted by molar-refractivity contribution is 5.71. The first-order valence-electron chi connectivity index (χ1n) is 28.7. The number of esters is 3. The Morgan fingerprint density at radius 2 is 0.565 bits per heavy atom. The quantitative estimate of drug-likeness (QED) is 0.0262. The van der Waals surface area contributed by atoms with E-state index in [-0.39, 0.29) is 31.1 Å². The highest BCUT2D eigenvalue weighted by Crippen LogP contribution is 2.14. The topological polar surface area (TPSA) is 78.9 Å². The van der Waals surface area contributed by atoms with Crippen molar-refractivity contribution in [3.63, 3.8) is 0 Å². The van der Waals surface area contributed by atoms with Crippen LogP contribution in [0.4, 0.5) is 0 Å². The van der Waals surface area contributed by atoms with Crippen LogP contribution in [0.15, 0.2) is 97.2 Å². The van der Waals surface area contributed by atoms with Gasteiger partial charge < -0.3 is 14.2 Å². The van der Waals surface area contributed by atoms with Gasteiger partial charge in [-0.1, -0.05) is 221 Å². The Hall–Kier alpha value is -3.67. The van der Waals surface area contributed by atoms with Gasteiger partial charge in [-0.05, 0) is 122 Å². The third-order valence-corrected chi connectivity index (χ3v) is 12.0. The van der Waals surface area contributed by atoms with Gasteiger partial charge in [0.05, 0.1) is 0 Å². The van der Waals surface area contributed by atoms with Crippen LogP contribution in [0.25, 0.3) is 0 Å². The van der Waals surface area contributed by atoms with Crippen molar-refractivity contribution < 1.29 is 28.6 Å². The molecule has 6 heteroatoms. The Morgan fingerprint density at radius 3 is 0.942 bits per heavy atom. The second-order valence-corrected chi connectivity index (χ2v) is 18.8. The van der Waals surface area contributed by atoms with Crippen molar-refractivity contribution >= 4 is 17.9 Å². The van der Waals surface area contributed by atoms with Crippen molar-refractivity contribution in [1.82, 2.24) is 0 Å². The summed E-state index contributed by atoms with van der Waals surface area (Å²) in [7, 11) is 0. The van der Waals surface area contributed by atoms with Gasteiger partial charge >= 0.3 is 17.9 Å². The SMILES string of the molecule is CC/C=C\C/C=C\C/C=C\C/C=C\C/C=C\CCCCCC(=O)OC[C@H](COC(=O)CCCCCCC/C=C\CCCCCC)OC(=O)CCCCCCCCCCC/C=C\C/C=C\CCCCC. The van der Waals surface area contributed by atoms with E-state index < -0.39 is 6.10 Å². The summed E-state index contributed by atoms with van der Waals surface area (Å²) >= 11 is 0. The van der Waals surface area contributed by atoms with E-state index in [1.807, 2.05) is 0 Å². The lowest BCUT2D eigenvalue weighted by molar-refractivity contribution is -0.167. The molecule has 0 N–H and O–H groups in total. The van der Waals surface area contributed by atoms with Crippen LogP contribution < -0.4 is 0 Å². The minimum Gasteiger partial charge on any atom is -0.462 e. The largest absolute Gasteiger partial charge is 0.462 e. The summed E-state index contributed by atoms with van der Waals surface area (Å²) in [4.78, 5) is 38.1. The van der Waals surface area contributed by atoms with Crippen LogP contribution >= 0.6 is 0 Å². The second kappa shape index (κ2) is 56.9. The standard InChI is InChI=1S/C63H106O6/c1-4-7-10-13-16-19-22-25-27-29-31-33-35-38-41-44-47-50-53-56-62(65)68-59-60(58-67-61(64)55-52-49-46-43-40-37-24-21-18-15-12-9-6-3)69-63(66)57-54-51-48-45-42-39-36-34-32-30-28-26-23-20-17-14-11-8-5-2/h7,10,16-17,19-21,24-28,31,33,38,41,60H,4-6,8-9,11-15,18,22-23,29-30,32,34-37,39-40,42-59H2,1-3H3/b10-7-,19-16-,20-17-,24-21-,27-25-,28-26-,33-31-,41-38-/t60-/m0/s1. The van der Waals surface area contributed by atoms with Gasteiger partial charge in [0, 0.05) is 19.3 Å². The third-order valence-electron chi connectivity index (χ3n) is 12.0. The molecule has 69 heavy (non-hydrogen) atoms. The molecule has 0 aliphatic carbocycles. The molecule has 0 saturated heterocycles. The molecule has 0 amide bonds. The fraction of sp³-hybridized carbons (Fsp3) is 0.698. The van der Waals surface area contributed by atoms with Crippen LogP contribution in [0.5, 0.6) is 0 Å². The Morgan fingerprint density at radius 1 is 0.304 bits per heavy atom. The summed E-state index contributed by atoms with van der Waals surface area (Å²) in [6, 6.07) is 0. The zero-order chi connectivity index (χ0) is 50.0. The van der Waals surface area contributed by atoms with Gasteiger partial charge in [0.15, 0.2) is 6.10 Å². The fourth-order valence-electron chi connectivity index (χ4n) is 7.73. The maximum Gasteiger partial charge on any atom is 0.306 e. The number of unbranched alkanes of at least 4 members (excludes halogenated alkanes) is 24. The number of rotatable bonds is 51. The number of carbonyl (C=O) groups is 3. The normalized spacial score (nSPS) is 12.8. The molecule has 0 radical (unpaired) electrons. The van der Waals surface area contributed by atoms with Crippen LogP contribution in [0.1, 0.15) is 265 Å².